The average molecular weight is 335 g/mol. The molecule has 1 aromatic rings. The molecule has 0 aromatic carbocycles. The number of likely N-dealkylation sites (tertiary alicyclic amines) is 1. The minimum atomic E-state index is -0.555. The van der Waals surface area contributed by atoms with Gasteiger partial charge in [-0.2, -0.15) is 0 Å². The highest BCUT2D eigenvalue weighted by Gasteiger charge is 2.33. The number of anilines is 1. The van der Waals surface area contributed by atoms with E-state index in [-0.39, 0.29) is 23.5 Å². The molecule has 8 heteroatoms. The number of imidazole rings is 1. The zero-order chi connectivity index (χ0) is 18.1. The van der Waals surface area contributed by atoms with Crippen molar-refractivity contribution in [2.45, 2.75) is 45.8 Å². The number of hydrogen-bond acceptors (Lipinski definition) is 5. The molecular weight excluding hydrogens is 310 g/mol. The van der Waals surface area contributed by atoms with Gasteiger partial charge in [-0.3, -0.25) is 4.57 Å². The molecule has 1 aliphatic rings. The zero-order valence-electron chi connectivity index (χ0n) is 14.6. The lowest BCUT2D eigenvalue weighted by Crippen LogP contribution is -2.36. The summed E-state index contributed by atoms with van der Waals surface area (Å²) in [6, 6.07) is -0.184. The van der Waals surface area contributed by atoms with Gasteiger partial charge in [0.1, 0.15) is 17.1 Å². The summed E-state index contributed by atoms with van der Waals surface area (Å²) in [5.74, 6) is 0.499. The Kier molecular flexibility index (Phi) is 4.86. The van der Waals surface area contributed by atoms with Gasteiger partial charge in [-0.25, -0.2) is 9.59 Å². The van der Waals surface area contributed by atoms with Crippen LogP contribution in [-0.2, 0) is 4.74 Å². The molecule has 8 nitrogen and oxygen atoms in total. The second-order valence-electron chi connectivity index (χ2n) is 6.87. The van der Waals surface area contributed by atoms with E-state index in [1.54, 1.807) is 16.4 Å². The van der Waals surface area contributed by atoms with Crippen LogP contribution in [0.4, 0.5) is 10.6 Å². The maximum atomic E-state index is 12.3. The molecule has 2 heterocycles. The van der Waals surface area contributed by atoms with Crippen LogP contribution >= 0.6 is 0 Å². The van der Waals surface area contributed by atoms with Crippen molar-refractivity contribution in [1.82, 2.24) is 14.5 Å². The number of hydrogen-bond donors (Lipinski definition) is 3. The van der Waals surface area contributed by atoms with Crippen molar-refractivity contribution in [3.8, 4) is 0 Å². The van der Waals surface area contributed by atoms with Gasteiger partial charge in [0.2, 0.25) is 0 Å². The third kappa shape index (κ3) is 3.69. The largest absolute Gasteiger partial charge is 0.444 e. The van der Waals surface area contributed by atoms with Crippen LogP contribution < -0.4 is 11.0 Å². The van der Waals surface area contributed by atoms with Crippen LogP contribution in [-0.4, -0.2) is 44.9 Å². The van der Waals surface area contributed by atoms with Gasteiger partial charge in [0, 0.05) is 13.1 Å². The zero-order valence-corrected chi connectivity index (χ0v) is 14.6. The molecule has 2 rings (SSSR count). The first-order valence-electron chi connectivity index (χ1n) is 7.89. The Hall–Kier alpha value is -2.51. The number of amides is 1. The number of nitrogens with one attached hydrogen (secondary N) is 3. The molecule has 0 radical (unpaired) electrons. The molecule has 1 saturated heterocycles. The third-order valence-corrected chi connectivity index (χ3v) is 3.72. The van der Waals surface area contributed by atoms with E-state index in [2.05, 4.69) is 16.9 Å². The fourth-order valence-electron chi connectivity index (χ4n) is 2.75. The maximum Gasteiger partial charge on any atom is 0.410 e. The number of carbonyl (C=O) groups is 1. The van der Waals surface area contributed by atoms with Crippen LogP contribution in [0.1, 0.15) is 45.9 Å². The molecule has 0 bridgehead atoms. The molecule has 3 N–H and O–H groups in total. The van der Waals surface area contributed by atoms with E-state index in [9.17, 15) is 9.59 Å². The van der Waals surface area contributed by atoms with Crippen molar-refractivity contribution >= 4 is 17.6 Å². The molecule has 0 saturated carbocycles. The fraction of sp³-hybridized carbons (Fsp3) is 0.562. The summed E-state index contributed by atoms with van der Waals surface area (Å²) in [5.41, 5.74) is -0.190. The molecule has 24 heavy (non-hydrogen) atoms. The van der Waals surface area contributed by atoms with Crippen molar-refractivity contribution in [3.05, 3.63) is 29.0 Å². The summed E-state index contributed by atoms with van der Waals surface area (Å²) in [6.45, 7) is 11.6. The lowest BCUT2D eigenvalue weighted by Gasteiger charge is -2.24. The smallest absolute Gasteiger partial charge is 0.410 e. The quantitative estimate of drug-likeness (QED) is 0.735. The monoisotopic (exact) mass is 335 g/mol. The summed E-state index contributed by atoms with van der Waals surface area (Å²) < 4.78 is 6.94. The van der Waals surface area contributed by atoms with Crippen LogP contribution in [0.15, 0.2) is 17.6 Å². The SMILES string of the molecule is C=CNc1c(C(C)=N)[nH]c(=O)n1[C@@H]1CCN(C(=O)OC(C)(C)C)C1. The molecule has 132 valence electrons. The van der Waals surface area contributed by atoms with E-state index in [1.807, 2.05) is 20.8 Å². The van der Waals surface area contributed by atoms with E-state index in [4.69, 9.17) is 10.1 Å². The number of aromatic amines is 1. The van der Waals surface area contributed by atoms with Crippen molar-refractivity contribution in [3.63, 3.8) is 0 Å². The Morgan fingerprint density at radius 2 is 2.17 bits per heavy atom. The molecular formula is C16H25N5O3. The van der Waals surface area contributed by atoms with Crippen molar-refractivity contribution in [1.29, 1.82) is 5.41 Å². The number of carbonyl (C=O) groups excluding carboxylic acids is 1. The fourth-order valence-corrected chi connectivity index (χ4v) is 2.75. The van der Waals surface area contributed by atoms with Crippen LogP contribution in [0.2, 0.25) is 0 Å². The van der Waals surface area contributed by atoms with Gasteiger partial charge in [-0.05, 0) is 40.3 Å². The van der Waals surface area contributed by atoms with Crippen molar-refractivity contribution < 1.29 is 9.53 Å². The summed E-state index contributed by atoms with van der Waals surface area (Å²) in [5, 5.41) is 10.7. The van der Waals surface area contributed by atoms with E-state index >= 15 is 0 Å². The normalized spacial score (nSPS) is 17.7. The topological polar surface area (TPSA) is 103 Å². The van der Waals surface area contributed by atoms with Crippen molar-refractivity contribution in [2.75, 3.05) is 18.4 Å². The highest BCUT2D eigenvalue weighted by atomic mass is 16.6. The molecule has 1 atom stereocenters. The van der Waals surface area contributed by atoms with Gasteiger partial charge < -0.3 is 25.3 Å². The van der Waals surface area contributed by atoms with Gasteiger partial charge in [0.05, 0.1) is 11.8 Å². The molecule has 1 fully saturated rings. The van der Waals surface area contributed by atoms with E-state index in [1.165, 1.54) is 6.20 Å². The second kappa shape index (κ2) is 6.54. The number of ether oxygens (including phenoxy) is 1. The van der Waals surface area contributed by atoms with Gasteiger partial charge >= 0.3 is 11.8 Å². The molecule has 1 aromatic heterocycles. The van der Waals surface area contributed by atoms with E-state index < -0.39 is 5.60 Å². The predicted octanol–water partition coefficient (Wildman–Crippen LogP) is 2.30. The Balaban J connectivity index is 2.25. The number of rotatable bonds is 4. The van der Waals surface area contributed by atoms with E-state index in [0.717, 1.165) is 0 Å². The number of nitrogens with zero attached hydrogens (tertiary/aromatic N) is 2. The first-order valence-corrected chi connectivity index (χ1v) is 7.89. The van der Waals surface area contributed by atoms with Gasteiger partial charge in [0.25, 0.3) is 0 Å². The Morgan fingerprint density at radius 3 is 2.71 bits per heavy atom. The predicted molar refractivity (Wildman–Crippen MR) is 92.8 cm³/mol. The van der Waals surface area contributed by atoms with Crippen molar-refractivity contribution in [2.24, 2.45) is 0 Å². The number of aromatic nitrogens is 2. The van der Waals surface area contributed by atoms with Gasteiger partial charge in [-0.1, -0.05) is 6.58 Å². The minimum Gasteiger partial charge on any atom is -0.444 e. The lowest BCUT2D eigenvalue weighted by atomic mass is 10.2. The summed E-state index contributed by atoms with van der Waals surface area (Å²) in [4.78, 5) is 28.8. The second-order valence-corrected chi connectivity index (χ2v) is 6.87. The standard InChI is InChI=1S/C16H25N5O3/c1-6-18-13-12(10(2)17)19-14(22)21(13)11-7-8-20(9-11)15(23)24-16(3,4)5/h6,11,17-18H,1,7-9H2,2-5H3,(H,19,22)/t11-/m1/s1. The van der Waals surface area contributed by atoms with Gasteiger partial charge in [0.15, 0.2) is 0 Å². The van der Waals surface area contributed by atoms with E-state index in [0.29, 0.717) is 31.0 Å². The minimum absolute atomic E-state index is 0.184. The van der Waals surface area contributed by atoms with Crippen LogP contribution in [0.25, 0.3) is 0 Å². The maximum absolute atomic E-state index is 12.3. The lowest BCUT2D eigenvalue weighted by molar-refractivity contribution is 0.0289. The average Bonchev–Trinajstić information content (AvgIpc) is 3.02. The summed E-state index contributed by atoms with van der Waals surface area (Å²) in [7, 11) is 0. The first-order chi connectivity index (χ1) is 11.1. The molecule has 0 aliphatic carbocycles. The molecule has 1 aliphatic heterocycles. The number of H-pyrrole nitrogens is 1. The Labute approximate surface area is 141 Å². The van der Waals surface area contributed by atoms with Crippen LogP contribution in [0, 0.1) is 5.41 Å². The first kappa shape index (κ1) is 17.8. The molecule has 0 spiro atoms. The summed E-state index contributed by atoms with van der Waals surface area (Å²) in [6.07, 6.45) is 1.72. The van der Waals surface area contributed by atoms with Crippen LogP contribution in [0.5, 0.6) is 0 Å². The molecule has 0 unspecified atom stereocenters. The Bertz CT molecular complexity index is 710. The summed E-state index contributed by atoms with van der Waals surface area (Å²) >= 11 is 0. The highest BCUT2D eigenvalue weighted by molar-refractivity contribution is 5.99. The highest BCUT2D eigenvalue weighted by Crippen LogP contribution is 2.27. The van der Waals surface area contributed by atoms with Gasteiger partial charge in [-0.15, -0.1) is 0 Å². The Morgan fingerprint density at radius 1 is 1.50 bits per heavy atom. The van der Waals surface area contributed by atoms with Crippen LogP contribution in [0.3, 0.4) is 0 Å². The third-order valence-electron chi connectivity index (χ3n) is 3.72. The molecule has 1 amide bonds.